The number of hydrogen-bond donors (Lipinski definition) is 2. The third kappa shape index (κ3) is 3.97. The van der Waals surface area contributed by atoms with Crippen LogP contribution in [-0.4, -0.2) is 31.8 Å². The molecule has 1 aromatic carbocycles. The first kappa shape index (κ1) is 18.7. The summed E-state index contributed by atoms with van der Waals surface area (Å²) in [5.74, 6) is 0.233. The molecule has 0 bridgehead atoms. The van der Waals surface area contributed by atoms with Crippen molar-refractivity contribution in [1.29, 1.82) is 5.26 Å². The molecule has 2 heterocycles. The Balaban J connectivity index is 1.51. The number of aromatic hydroxyl groups is 1. The molecule has 0 atom stereocenters. The molecule has 1 aliphatic carbocycles. The quantitative estimate of drug-likeness (QED) is 0.712. The smallest absolute Gasteiger partial charge is 0.253 e. The van der Waals surface area contributed by atoms with E-state index < -0.39 is 0 Å². The van der Waals surface area contributed by atoms with Crippen molar-refractivity contribution < 1.29 is 9.90 Å². The van der Waals surface area contributed by atoms with Crippen LogP contribution in [0.3, 0.4) is 0 Å². The van der Waals surface area contributed by atoms with E-state index in [-0.39, 0.29) is 17.8 Å². The second-order valence-corrected chi connectivity index (χ2v) is 7.20. The monoisotopic (exact) mass is 387 g/mol. The van der Waals surface area contributed by atoms with Crippen molar-refractivity contribution in [2.45, 2.75) is 38.1 Å². The fourth-order valence-corrected chi connectivity index (χ4v) is 3.60. The molecule has 1 fully saturated rings. The molecule has 146 valence electrons. The Kier molecular flexibility index (Phi) is 5.25. The van der Waals surface area contributed by atoms with E-state index in [1.807, 2.05) is 0 Å². The number of amides is 1. The number of carbonyl (C=O) groups is 1. The Bertz CT molecular complexity index is 1040. The SMILES string of the molecule is N#Cc1ccc(-c2cnn(-c3ccc(C(=O)NC4CCCCC4)cn3)c2O)cc1. The van der Waals surface area contributed by atoms with Gasteiger partial charge in [0, 0.05) is 12.2 Å². The molecule has 29 heavy (non-hydrogen) atoms. The van der Waals surface area contributed by atoms with Gasteiger partial charge in [0.25, 0.3) is 5.91 Å². The average molecular weight is 387 g/mol. The lowest BCUT2D eigenvalue weighted by Gasteiger charge is -2.22. The summed E-state index contributed by atoms with van der Waals surface area (Å²) in [6, 6.07) is 12.5. The second-order valence-electron chi connectivity index (χ2n) is 7.20. The van der Waals surface area contributed by atoms with Crippen molar-refractivity contribution in [1.82, 2.24) is 20.1 Å². The number of hydrogen-bond acceptors (Lipinski definition) is 5. The van der Waals surface area contributed by atoms with E-state index in [4.69, 9.17) is 5.26 Å². The van der Waals surface area contributed by atoms with E-state index in [0.29, 0.717) is 22.5 Å². The lowest BCUT2D eigenvalue weighted by molar-refractivity contribution is 0.0927. The highest BCUT2D eigenvalue weighted by molar-refractivity contribution is 5.94. The molecule has 0 radical (unpaired) electrons. The van der Waals surface area contributed by atoms with Gasteiger partial charge < -0.3 is 10.4 Å². The largest absolute Gasteiger partial charge is 0.493 e. The van der Waals surface area contributed by atoms with Crippen LogP contribution < -0.4 is 5.32 Å². The van der Waals surface area contributed by atoms with Gasteiger partial charge in [0.1, 0.15) is 0 Å². The zero-order valence-corrected chi connectivity index (χ0v) is 15.9. The van der Waals surface area contributed by atoms with Crippen LogP contribution in [0.4, 0.5) is 0 Å². The standard InChI is InChI=1S/C22H21N5O2/c23-12-15-6-8-16(9-7-15)19-14-25-27(22(19)29)20-11-10-17(13-24-20)21(28)26-18-4-2-1-3-5-18/h6-11,13-14,18,29H,1-5H2,(H,26,28). The fraction of sp³-hybridized carbons (Fsp3) is 0.273. The summed E-state index contributed by atoms with van der Waals surface area (Å²) in [7, 11) is 0. The van der Waals surface area contributed by atoms with Gasteiger partial charge in [-0.05, 0) is 42.7 Å². The third-order valence-corrected chi connectivity index (χ3v) is 5.24. The lowest BCUT2D eigenvalue weighted by atomic mass is 9.95. The predicted octanol–water partition coefficient (Wildman–Crippen LogP) is 3.57. The number of aromatic nitrogens is 3. The van der Waals surface area contributed by atoms with E-state index in [1.165, 1.54) is 17.3 Å². The van der Waals surface area contributed by atoms with Crippen molar-refractivity contribution in [2.75, 3.05) is 0 Å². The van der Waals surface area contributed by atoms with Gasteiger partial charge in [0.05, 0.1) is 29.0 Å². The summed E-state index contributed by atoms with van der Waals surface area (Å²) in [5, 5.41) is 26.8. The zero-order chi connectivity index (χ0) is 20.2. The van der Waals surface area contributed by atoms with Crippen LogP contribution in [-0.2, 0) is 0 Å². The third-order valence-electron chi connectivity index (χ3n) is 5.24. The van der Waals surface area contributed by atoms with Crippen LogP contribution in [0, 0.1) is 11.3 Å². The molecule has 0 aliphatic heterocycles. The molecule has 2 aromatic heterocycles. The van der Waals surface area contributed by atoms with Crippen LogP contribution in [0.1, 0.15) is 48.0 Å². The highest BCUT2D eigenvalue weighted by Gasteiger charge is 2.18. The van der Waals surface area contributed by atoms with Gasteiger partial charge in [-0.2, -0.15) is 15.0 Å². The summed E-state index contributed by atoms with van der Waals surface area (Å²) in [6.07, 6.45) is 8.64. The van der Waals surface area contributed by atoms with Gasteiger partial charge in [-0.25, -0.2) is 4.98 Å². The molecule has 0 spiro atoms. The number of nitriles is 1. The minimum absolute atomic E-state index is 0.0541. The maximum Gasteiger partial charge on any atom is 0.253 e. The molecule has 1 amide bonds. The average Bonchev–Trinajstić information content (AvgIpc) is 3.16. The number of carbonyl (C=O) groups excluding carboxylic acids is 1. The molecular weight excluding hydrogens is 366 g/mol. The number of pyridine rings is 1. The fourth-order valence-electron chi connectivity index (χ4n) is 3.60. The Morgan fingerprint density at radius 3 is 2.52 bits per heavy atom. The summed E-state index contributed by atoms with van der Waals surface area (Å²) < 4.78 is 1.32. The van der Waals surface area contributed by atoms with Gasteiger partial charge in [-0.3, -0.25) is 4.79 Å². The van der Waals surface area contributed by atoms with Gasteiger partial charge in [-0.1, -0.05) is 31.4 Å². The number of nitrogens with one attached hydrogen (secondary N) is 1. The first-order chi connectivity index (χ1) is 14.2. The topological polar surface area (TPSA) is 104 Å². The van der Waals surface area contributed by atoms with Crippen molar-refractivity contribution in [3.8, 4) is 28.9 Å². The first-order valence-electron chi connectivity index (χ1n) is 9.70. The number of benzene rings is 1. The molecule has 1 saturated carbocycles. The van der Waals surface area contributed by atoms with Crippen molar-refractivity contribution in [3.63, 3.8) is 0 Å². The molecule has 0 unspecified atom stereocenters. The molecule has 1 aliphatic rings. The number of rotatable bonds is 4. The van der Waals surface area contributed by atoms with Crippen molar-refractivity contribution in [2.24, 2.45) is 0 Å². The van der Waals surface area contributed by atoms with Crippen molar-refractivity contribution >= 4 is 5.91 Å². The maximum atomic E-state index is 12.4. The molecule has 4 rings (SSSR count). The number of nitrogens with zero attached hydrogens (tertiary/aromatic N) is 4. The maximum absolute atomic E-state index is 12.4. The highest BCUT2D eigenvalue weighted by Crippen LogP contribution is 2.30. The van der Waals surface area contributed by atoms with Gasteiger partial charge in [0.15, 0.2) is 5.82 Å². The summed E-state index contributed by atoms with van der Waals surface area (Å²) in [5.41, 5.74) is 2.31. The Morgan fingerprint density at radius 2 is 1.86 bits per heavy atom. The Labute approximate surface area is 168 Å². The summed E-state index contributed by atoms with van der Waals surface area (Å²) >= 11 is 0. The molecular formula is C22H21N5O2. The normalized spacial score (nSPS) is 14.3. The lowest BCUT2D eigenvalue weighted by Crippen LogP contribution is -2.36. The van der Waals surface area contributed by atoms with Crippen molar-refractivity contribution in [3.05, 3.63) is 59.9 Å². The first-order valence-corrected chi connectivity index (χ1v) is 9.70. The van der Waals surface area contributed by atoms with Crippen LogP contribution in [0.15, 0.2) is 48.8 Å². The molecule has 7 nitrogen and oxygen atoms in total. The van der Waals surface area contributed by atoms with Gasteiger partial charge in [0.2, 0.25) is 5.88 Å². The molecule has 2 N–H and O–H groups in total. The summed E-state index contributed by atoms with van der Waals surface area (Å²) in [6.45, 7) is 0. The van der Waals surface area contributed by atoms with E-state index in [9.17, 15) is 9.90 Å². The minimum Gasteiger partial charge on any atom is -0.493 e. The molecule has 0 saturated heterocycles. The molecule has 7 heteroatoms. The van der Waals surface area contributed by atoms with Crippen LogP contribution in [0.5, 0.6) is 5.88 Å². The minimum atomic E-state index is -0.126. The van der Waals surface area contributed by atoms with E-state index in [2.05, 4.69) is 21.5 Å². The second kappa shape index (κ2) is 8.15. The predicted molar refractivity (Wildman–Crippen MR) is 108 cm³/mol. The van der Waals surface area contributed by atoms with Crippen LogP contribution in [0.25, 0.3) is 16.9 Å². The highest BCUT2D eigenvalue weighted by atomic mass is 16.3. The molecule has 3 aromatic rings. The van der Waals surface area contributed by atoms with Gasteiger partial charge in [-0.15, -0.1) is 0 Å². The van der Waals surface area contributed by atoms with Crippen LogP contribution >= 0.6 is 0 Å². The van der Waals surface area contributed by atoms with Gasteiger partial charge >= 0.3 is 0 Å². The van der Waals surface area contributed by atoms with E-state index in [0.717, 1.165) is 31.2 Å². The Morgan fingerprint density at radius 1 is 1.10 bits per heavy atom. The summed E-state index contributed by atoms with van der Waals surface area (Å²) in [4.78, 5) is 16.7. The van der Waals surface area contributed by atoms with E-state index in [1.54, 1.807) is 42.6 Å². The Hall–Kier alpha value is -3.66. The van der Waals surface area contributed by atoms with Crippen LogP contribution in [0.2, 0.25) is 0 Å². The van der Waals surface area contributed by atoms with E-state index >= 15 is 0 Å². The zero-order valence-electron chi connectivity index (χ0n) is 15.9.